The Labute approximate surface area is 218 Å². The van der Waals surface area contributed by atoms with E-state index in [-0.39, 0.29) is 24.5 Å². The molecule has 5 nitrogen and oxygen atoms in total. The smallest absolute Gasteiger partial charge is 0.261 e. The van der Waals surface area contributed by atoms with Gasteiger partial charge in [0.2, 0.25) is 5.91 Å². The fourth-order valence-electron chi connectivity index (χ4n) is 4.66. The van der Waals surface area contributed by atoms with Crippen LogP contribution < -0.4 is 10.1 Å². The van der Waals surface area contributed by atoms with Gasteiger partial charge in [-0.1, -0.05) is 104 Å². The van der Waals surface area contributed by atoms with Gasteiger partial charge in [0.1, 0.15) is 11.8 Å². The number of carbonyl (C=O) groups excluding carboxylic acids is 2. The number of ether oxygens (including phenoxy) is 1. The lowest BCUT2D eigenvalue weighted by Crippen LogP contribution is -2.53. The zero-order valence-electron chi connectivity index (χ0n) is 20.4. The van der Waals surface area contributed by atoms with Gasteiger partial charge in [-0.15, -0.1) is 0 Å². The topological polar surface area (TPSA) is 58.6 Å². The highest BCUT2D eigenvalue weighted by Gasteiger charge is 2.32. The number of nitrogens with one attached hydrogen (secondary N) is 1. The van der Waals surface area contributed by atoms with Crippen LogP contribution in [0.2, 0.25) is 5.02 Å². The van der Waals surface area contributed by atoms with Crippen molar-refractivity contribution in [1.29, 1.82) is 0 Å². The maximum atomic E-state index is 13.7. The van der Waals surface area contributed by atoms with Gasteiger partial charge in [-0.2, -0.15) is 0 Å². The molecular formula is C30H33ClN2O3. The van der Waals surface area contributed by atoms with Crippen molar-refractivity contribution < 1.29 is 14.3 Å². The summed E-state index contributed by atoms with van der Waals surface area (Å²) in [5.41, 5.74) is 1.95. The molecule has 0 saturated heterocycles. The molecule has 0 aliphatic heterocycles. The summed E-state index contributed by atoms with van der Waals surface area (Å²) >= 11 is 6.23. The van der Waals surface area contributed by atoms with Gasteiger partial charge in [0.15, 0.2) is 6.61 Å². The molecule has 1 saturated carbocycles. The van der Waals surface area contributed by atoms with Gasteiger partial charge >= 0.3 is 0 Å². The van der Waals surface area contributed by atoms with Crippen molar-refractivity contribution >= 4 is 23.4 Å². The maximum Gasteiger partial charge on any atom is 0.261 e. The first-order valence-corrected chi connectivity index (χ1v) is 13.0. The number of rotatable bonds is 10. The molecule has 2 amide bonds. The van der Waals surface area contributed by atoms with E-state index in [1.54, 1.807) is 17.0 Å². The Morgan fingerprint density at radius 2 is 1.47 bits per heavy atom. The highest BCUT2D eigenvalue weighted by molar-refractivity contribution is 6.32. The van der Waals surface area contributed by atoms with E-state index in [0.29, 0.717) is 23.7 Å². The summed E-state index contributed by atoms with van der Waals surface area (Å²) in [5.74, 6) is 0.0599. The minimum Gasteiger partial charge on any atom is -0.482 e. The second kappa shape index (κ2) is 13.1. The molecule has 3 aromatic carbocycles. The van der Waals surface area contributed by atoms with Gasteiger partial charge in [-0.05, 0) is 36.1 Å². The second-order valence-electron chi connectivity index (χ2n) is 9.28. The molecule has 0 aromatic heterocycles. The SMILES string of the molecule is O=C(NC1CCCCC1)[C@@H](Cc1ccccc1)N(Cc1ccccc1)C(=O)COc1ccccc1Cl. The van der Waals surface area contributed by atoms with Gasteiger partial charge < -0.3 is 15.0 Å². The minimum absolute atomic E-state index is 0.118. The van der Waals surface area contributed by atoms with Crippen LogP contribution in [-0.2, 0) is 22.6 Å². The van der Waals surface area contributed by atoms with Gasteiger partial charge in [-0.3, -0.25) is 9.59 Å². The predicted molar refractivity (Wildman–Crippen MR) is 143 cm³/mol. The van der Waals surface area contributed by atoms with E-state index >= 15 is 0 Å². The number of hydrogen-bond acceptors (Lipinski definition) is 3. The molecule has 6 heteroatoms. The normalized spacial score (nSPS) is 14.6. The molecule has 1 aliphatic carbocycles. The van der Waals surface area contributed by atoms with Crippen molar-refractivity contribution in [3.8, 4) is 5.75 Å². The summed E-state index contributed by atoms with van der Waals surface area (Å²) in [5, 5.41) is 3.69. The van der Waals surface area contributed by atoms with Crippen LogP contribution in [0.25, 0.3) is 0 Å². The fourth-order valence-corrected chi connectivity index (χ4v) is 4.85. The lowest BCUT2D eigenvalue weighted by atomic mass is 9.94. The van der Waals surface area contributed by atoms with Crippen LogP contribution >= 0.6 is 11.6 Å². The highest BCUT2D eigenvalue weighted by Crippen LogP contribution is 2.24. The number of hydrogen-bond donors (Lipinski definition) is 1. The van der Waals surface area contributed by atoms with E-state index in [2.05, 4.69) is 5.32 Å². The third-order valence-electron chi connectivity index (χ3n) is 6.61. The van der Waals surface area contributed by atoms with Gasteiger partial charge in [0.05, 0.1) is 5.02 Å². The standard InChI is InChI=1S/C30H33ClN2O3/c31-26-18-10-11-19-28(26)36-22-29(34)33(21-24-14-6-2-7-15-24)27(20-23-12-4-1-5-13-23)30(35)32-25-16-8-3-9-17-25/h1-2,4-7,10-15,18-19,25,27H,3,8-9,16-17,20-22H2,(H,32,35)/t27-/m1/s1. The number of benzene rings is 3. The molecular weight excluding hydrogens is 472 g/mol. The molecule has 0 spiro atoms. The van der Waals surface area contributed by atoms with E-state index in [1.807, 2.05) is 72.8 Å². The fraction of sp³-hybridized carbons (Fsp3) is 0.333. The van der Waals surface area contributed by atoms with Crippen molar-refractivity contribution in [3.05, 3.63) is 101 Å². The molecule has 1 N–H and O–H groups in total. The number of amides is 2. The van der Waals surface area contributed by atoms with E-state index in [4.69, 9.17) is 16.3 Å². The monoisotopic (exact) mass is 504 g/mol. The maximum absolute atomic E-state index is 13.7. The van der Waals surface area contributed by atoms with Crippen molar-refractivity contribution in [2.45, 2.75) is 57.2 Å². The van der Waals surface area contributed by atoms with Crippen LogP contribution in [0.1, 0.15) is 43.2 Å². The predicted octanol–water partition coefficient (Wildman–Crippen LogP) is 5.81. The highest BCUT2D eigenvalue weighted by atomic mass is 35.5. The average molecular weight is 505 g/mol. The van der Waals surface area contributed by atoms with E-state index < -0.39 is 6.04 Å². The van der Waals surface area contributed by atoms with Crippen LogP contribution in [0.4, 0.5) is 0 Å². The van der Waals surface area contributed by atoms with Crippen LogP contribution in [0.3, 0.4) is 0 Å². The van der Waals surface area contributed by atoms with Crippen molar-refractivity contribution in [1.82, 2.24) is 10.2 Å². The largest absolute Gasteiger partial charge is 0.482 e. The third kappa shape index (κ3) is 7.34. The summed E-state index contributed by atoms with van der Waals surface area (Å²) in [4.78, 5) is 29.0. The van der Waals surface area contributed by atoms with E-state index in [0.717, 1.165) is 36.8 Å². The summed E-state index contributed by atoms with van der Waals surface area (Å²) in [6.45, 7) is 0.0969. The van der Waals surface area contributed by atoms with Crippen LogP contribution in [0.5, 0.6) is 5.75 Å². The summed E-state index contributed by atoms with van der Waals surface area (Å²) in [6, 6.07) is 26.1. The van der Waals surface area contributed by atoms with Crippen molar-refractivity contribution in [3.63, 3.8) is 0 Å². The third-order valence-corrected chi connectivity index (χ3v) is 6.92. The van der Waals surface area contributed by atoms with E-state index in [1.165, 1.54) is 6.42 Å². The average Bonchev–Trinajstić information content (AvgIpc) is 2.91. The lowest BCUT2D eigenvalue weighted by molar-refractivity contribution is -0.143. The molecule has 4 rings (SSSR count). The number of para-hydroxylation sites is 1. The summed E-state index contributed by atoms with van der Waals surface area (Å²) in [6.07, 6.45) is 5.82. The molecule has 0 bridgehead atoms. The molecule has 1 atom stereocenters. The minimum atomic E-state index is -0.670. The molecule has 1 aliphatic rings. The summed E-state index contributed by atoms with van der Waals surface area (Å²) < 4.78 is 5.79. The summed E-state index contributed by atoms with van der Waals surface area (Å²) in [7, 11) is 0. The Hall–Kier alpha value is -3.31. The van der Waals surface area contributed by atoms with Gasteiger partial charge in [-0.25, -0.2) is 0 Å². The Kier molecular flexibility index (Phi) is 9.40. The zero-order chi connectivity index (χ0) is 25.2. The first-order chi connectivity index (χ1) is 17.6. The van der Waals surface area contributed by atoms with Crippen LogP contribution in [0.15, 0.2) is 84.9 Å². The Bertz CT molecular complexity index is 1120. The van der Waals surface area contributed by atoms with Crippen LogP contribution in [0, 0.1) is 0 Å². The Morgan fingerprint density at radius 1 is 0.861 bits per heavy atom. The lowest BCUT2D eigenvalue weighted by Gasteiger charge is -2.33. The first-order valence-electron chi connectivity index (χ1n) is 12.6. The molecule has 0 heterocycles. The first kappa shape index (κ1) is 25.8. The number of nitrogens with zero attached hydrogens (tertiary/aromatic N) is 1. The second-order valence-corrected chi connectivity index (χ2v) is 9.68. The zero-order valence-corrected chi connectivity index (χ0v) is 21.2. The number of carbonyl (C=O) groups is 2. The van der Waals surface area contributed by atoms with Gasteiger partial charge in [0, 0.05) is 19.0 Å². The van der Waals surface area contributed by atoms with E-state index in [9.17, 15) is 9.59 Å². The molecule has 0 unspecified atom stereocenters. The van der Waals surface area contributed by atoms with Crippen LogP contribution in [-0.4, -0.2) is 35.4 Å². The molecule has 1 fully saturated rings. The molecule has 36 heavy (non-hydrogen) atoms. The number of halogens is 1. The van der Waals surface area contributed by atoms with Crippen molar-refractivity contribution in [2.75, 3.05) is 6.61 Å². The molecule has 188 valence electrons. The molecule has 3 aromatic rings. The van der Waals surface area contributed by atoms with Crippen molar-refractivity contribution in [2.24, 2.45) is 0 Å². The quantitative estimate of drug-likeness (QED) is 0.379. The Balaban J connectivity index is 1.59. The Morgan fingerprint density at radius 3 is 2.14 bits per heavy atom. The van der Waals surface area contributed by atoms with Gasteiger partial charge in [0.25, 0.3) is 5.91 Å². The molecule has 0 radical (unpaired) electrons.